The molecule has 1 aliphatic rings. The minimum Gasteiger partial charge on any atom is -0.465 e. The second-order valence-electron chi connectivity index (χ2n) is 8.56. The number of hydrogen-bond acceptors (Lipinski definition) is 3. The van der Waals surface area contributed by atoms with Crippen LogP contribution in [0.25, 0.3) is 0 Å². The summed E-state index contributed by atoms with van der Waals surface area (Å²) in [5.41, 5.74) is 0.119. The number of carboxylic acid groups (broad SMARTS) is 1. The summed E-state index contributed by atoms with van der Waals surface area (Å²) in [4.78, 5) is 24.8. The monoisotopic (exact) mass is 370 g/mol. The molecule has 0 heterocycles. The van der Waals surface area contributed by atoms with Gasteiger partial charge in [-0.05, 0) is 37.0 Å². The van der Waals surface area contributed by atoms with Crippen LogP contribution in [-0.4, -0.2) is 41.5 Å². The van der Waals surface area contributed by atoms with Gasteiger partial charge in [-0.25, -0.2) is 9.59 Å². The number of carbonyl (C=O) groups excluding carboxylic acids is 1. The minimum absolute atomic E-state index is 0.0157. The third-order valence-electron chi connectivity index (χ3n) is 5.17. The maximum atomic E-state index is 11.8. The molecule has 0 spiro atoms. The van der Waals surface area contributed by atoms with Crippen LogP contribution in [0.15, 0.2) is 0 Å². The number of nitrogens with one attached hydrogen (secondary N) is 1. The van der Waals surface area contributed by atoms with Crippen LogP contribution in [-0.2, 0) is 4.74 Å². The van der Waals surface area contributed by atoms with E-state index >= 15 is 0 Å². The minimum atomic E-state index is -0.990. The van der Waals surface area contributed by atoms with E-state index < -0.39 is 12.2 Å². The van der Waals surface area contributed by atoms with Gasteiger partial charge in [-0.2, -0.15) is 0 Å². The molecule has 1 rings (SSSR count). The van der Waals surface area contributed by atoms with E-state index in [1.165, 1.54) is 30.6 Å². The third-order valence-corrected chi connectivity index (χ3v) is 5.17. The van der Waals surface area contributed by atoms with Crippen molar-refractivity contribution in [2.24, 2.45) is 11.3 Å². The molecule has 0 bridgehead atoms. The number of ether oxygens (including phenoxy) is 1. The zero-order valence-electron chi connectivity index (χ0n) is 17.1. The Hall–Kier alpha value is -1.46. The lowest BCUT2D eigenvalue weighted by Crippen LogP contribution is -2.50. The first-order chi connectivity index (χ1) is 12.2. The van der Waals surface area contributed by atoms with Crippen molar-refractivity contribution in [1.82, 2.24) is 10.2 Å². The van der Waals surface area contributed by atoms with Crippen LogP contribution in [0.4, 0.5) is 9.59 Å². The number of nitrogens with zero attached hydrogens (tertiary/aromatic N) is 1. The van der Waals surface area contributed by atoms with Crippen molar-refractivity contribution >= 4 is 12.2 Å². The maximum absolute atomic E-state index is 11.8. The summed E-state index contributed by atoms with van der Waals surface area (Å²) in [5, 5.41) is 12.1. The van der Waals surface area contributed by atoms with E-state index in [1.807, 2.05) is 0 Å². The highest BCUT2D eigenvalue weighted by molar-refractivity contribution is 5.69. The van der Waals surface area contributed by atoms with Gasteiger partial charge in [0, 0.05) is 6.04 Å². The maximum Gasteiger partial charge on any atom is 0.408 e. The molecule has 6 heteroatoms. The molecule has 152 valence electrons. The Bertz CT molecular complexity index is 440. The fourth-order valence-electron chi connectivity index (χ4n) is 4.13. The van der Waals surface area contributed by atoms with Gasteiger partial charge in [0.15, 0.2) is 0 Å². The summed E-state index contributed by atoms with van der Waals surface area (Å²) in [7, 11) is 0. The summed E-state index contributed by atoms with van der Waals surface area (Å²) >= 11 is 0. The van der Waals surface area contributed by atoms with Crippen molar-refractivity contribution in [2.75, 3.05) is 13.3 Å². The highest BCUT2D eigenvalue weighted by atomic mass is 16.5. The summed E-state index contributed by atoms with van der Waals surface area (Å²) in [6, 6.07) is -0.0647. The van der Waals surface area contributed by atoms with Gasteiger partial charge in [0.25, 0.3) is 0 Å². The quantitative estimate of drug-likeness (QED) is 0.408. The van der Waals surface area contributed by atoms with E-state index in [4.69, 9.17) is 4.74 Å². The van der Waals surface area contributed by atoms with Crippen LogP contribution < -0.4 is 5.32 Å². The molecule has 6 nitrogen and oxygen atoms in total. The van der Waals surface area contributed by atoms with Crippen molar-refractivity contribution in [1.29, 1.82) is 0 Å². The van der Waals surface area contributed by atoms with Gasteiger partial charge in [-0.1, -0.05) is 59.8 Å². The number of alkyl carbamates (subject to hydrolysis) is 1. The standard InChI is InChI=1S/C20H38N2O4/c1-5-6-7-8-9-10-11-26-18(23)21-15-22(19(24)25)17-12-16(2)13-20(3,4)14-17/h16-17H,5-15H2,1-4H3,(H,21,23)(H,24,25). The Morgan fingerprint density at radius 1 is 1.15 bits per heavy atom. The van der Waals surface area contributed by atoms with Crippen molar-refractivity contribution in [3.63, 3.8) is 0 Å². The molecule has 1 aliphatic carbocycles. The van der Waals surface area contributed by atoms with Crippen LogP contribution in [0.1, 0.15) is 85.5 Å². The van der Waals surface area contributed by atoms with E-state index in [2.05, 4.69) is 33.0 Å². The number of amides is 2. The van der Waals surface area contributed by atoms with Crippen molar-refractivity contribution in [3.05, 3.63) is 0 Å². The van der Waals surface area contributed by atoms with Crippen LogP contribution in [0.2, 0.25) is 0 Å². The van der Waals surface area contributed by atoms with Crippen LogP contribution in [0, 0.1) is 11.3 Å². The largest absolute Gasteiger partial charge is 0.465 e. The summed E-state index contributed by atoms with van der Waals surface area (Å²) in [6.45, 7) is 9.07. The molecule has 0 aromatic heterocycles. The SMILES string of the molecule is CCCCCCCCOC(=O)NCN(C(=O)O)C1CC(C)CC(C)(C)C1. The normalized spacial score (nSPS) is 21.8. The highest BCUT2D eigenvalue weighted by Crippen LogP contribution is 2.40. The predicted octanol–water partition coefficient (Wildman–Crippen LogP) is 5.23. The van der Waals surface area contributed by atoms with Crippen molar-refractivity contribution < 1.29 is 19.4 Å². The Labute approximate surface area is 158 Å². The Balaban J connectivity index is 2.32. The number of carbonyl (C=O) groups is 2. The molecule has 0 aliphatic heterocycles. The van der Waals surface area contributed by atoms with Gasteiger partial charge >= 0.3 is 12.2 Å². The van der Waals surface area contributed by atoms with Gasteiger partial charge in [0.1, 0.15) is 0 Å². The molecular weight excluding hydrogens is 332 g/mol. The van der Waals surface area contributed by atoms with Crippen molar-refractivity contribution in [2.45, 2.75) is 91.5 Å². The van der Waals surface area contributed by atoms with Gasteiger partial charge < -0.3 is 15.2 Å². The first kappa shape index (κ1) is 22.6. The fourth-order valence-corrected chi connectivity index (χ4v) is 4.13. The van der Waals surface area contributed by atoms with E-state index in [0.29, 0.717) is 12.5 Å². The van der Waals surface area contributed by atoms with Gasteiger partial charge in [-0.15, -0.1) is 0 Å². The van der Waals surface area contributed by atoms with Gasteiger partial charge in [0.05, 0.1) is 13.3 Å². The molecule has 0 saturated heterocycles. The fraction of sp³-hybridized carbons (Fsp3) is 0.900. The lowest BCUT2D eigenvalue weighted by Gasteiger charge is -2.42. The topological polar surface area (TPSA) is 78.9 Å². The average Bonchev–Trinajstić information content (AvgIpc) is 2.52. The second kappa shape index (κ2) is 11.3. The molecule has 2 N–H and O–H groups in total. The Kier molecular flexibility index (Phi) is 9.81. The molecule has 2 amide bonds. The van der Waals surface area contributed by atoms with E-state index in [-0.39, 0.29) is 18.1 Å². The average molecular weight is 371 g/mol. The van der Waals surface area contributed by atoms with E-state index in [0.717, 1.165) is 32.1 Å². The first-order valence-corrected chi connectivity index (χ1v) is 10.2. The molecule has 26 heavy (non-hydrogen) atoms. The predicted molar refractivity (Wildman–Crippen MR) is 103 cm³/mol. The van der Waals surface area contributed by atoms with Gasteiger partial charge in [-0.3, -0.25) is 4.90 Å². The number of rotatable bonds is 10. The lowest BCUT2D eigenvalue weighted by atomic mass is 9.70. The zero-order valence-corrected chi connectivity index (χ0v) is 17.1. The van der Waals surface area contributed by atoms with E-state index in [1.54, 1.807) is 0 Å². The molecule has 2 unspecified atom stereocenters. The molecule has 2 atom stereocenters. The number of hydrogen-bond donors (Lipinski definition) is 2. The Morgan fingerprint density at radius 2 is 1.81 bits per heavy atom. The Morgan fingerprint density at radius 3 is 2.42 bits per heavy atom. The van der Waals surface area contributed by atoms with Crippen LogP contribution in [0.3, 0.4) is 0 Å². The smallest absolute Gasteiger partial charge is 0.408 e. The first-order valence-electron chi connectivity index (χ1n) is 10.2. The molecule has 1 fully saturated rings. The summed E-state index contributed by atoms with van der Waals surface area (Å²) in [6.07, 6.45) is 8.01. The summed E-state index contributed by atoms with van der Waals surface area (Å²) < 4.78 is 5.16. The highest BCUT2D eigenvalue weighted by Gasteiger charge is 2.36. The summed E-state index contributed by atoms with van der Waals surface area (Å²) in [5.74, 6) is 0.477. The molecule has 0 aromatic carbocycles. The van der Waals surface area contributed by atoms with Crippen LogP contribution in [0.5, 0.6) is 0 Å². The third kappa shape index (κ3) is 8.77. The lowest BCUT2D eigenvalue weighted by molar-refractivity contribution is 0.0573. The number of unbranched alkanes of at least 4 members (excludes halogenated alkanes) is 5. The van der Waals surface area contributed by atoms with Gasteiger partial charge in [0.2, 0.25) is 0 Å². The second-order valence-corrected chi connectivity index (χ2v) is 8.56. The molecule has 0 radical (unpaired) electrons. The molecule has 0 aromatic rings. The van der Waals surface area contributed by atoms with Crippen molar-refractivity contribution in [3.8, 4) is 0 Å². The van der Waals surface area contributed by atoms with E-state index in [9.17, 15) is 14.7 Å². The van der Waals surface area contributed by atoms with Crippen LogP contribution >= 0.6 is 0 Å². The zero-order chi connectivity index (χ0) is 19.6. The molecule has 1 saturated carbocycles. The molecular formula is C20H38N2O4.